The Bertz CT molecular complexity index is 1420. The topological polar surface area (TPSA) is 65.4 Å². The summed E-state index contributed by atoms with van der Waals surface area (Å²) in [5.74, 6) is 0. The zero-order chi connectivity index (χ0) is 19.3. The first-order chi connectivity index (χ1) is 13.6. The maximum absolute atomic E-state index is 9.78. The third-order valence-electron chi connectivity index (χ3n) is 4.67. The smallest absolute Gasteiger partial charge is 0.135 e. The van der Waals surface area contributed by atoms with Gasteiger partial charge in [-0.3, -0.25) is 4.98 Å². The van der Waals surface area contributed by atoms with Gasteiger partial charge in [0.05, 0.1) is 26.3 Å². The van der Waals surface area contributed by atoms with Crippen molar-refractivity contribution in [1.82, 2.24) is 15.0 Å². The fourth-order valence-corrected chi connectivity index (χ4v) is 4.74. The molecule has 28 heavy (non-hydrogen) atoms. The highest BCUT2D eigenvalue weighted by molar-refractivity contribution is 7.19. The van der Waals surface area contributed by atoms with Gasteiger partial charge in [0.15, 0.2) is 0 Å². The number of hydrogen-bond donors (Lipinski definition) is 1. The molecule has 0 aliphatic heterocycles. The van der Waals surface area contributed by atoms with E-state index < -0.39 is 0 Å². The number of hydrogen-bond acceptors (Lipinski definition) is 4. The number of allylic oxidation sites excluding steroid dienone is 1. The van der Waals surface area contributed by atoms with Crippen LogP contribution in [0.4, 0.5) is 0 Å². The summed E-state index contributed by atoms with van der Waals surface area (Å²) in [6.07, 6.45) is 3.63. The van der Waals surface area contributed by atoms with Crippen molar-refractivity contribution < 1.29 is 0 Å². The van der Waals surface area contributed by atoms with Gasteiger partial charge in [0.1, 0.15) is 11.1 Å². The fraction of sp³-hybridized carbons (Fsp3) is 0.0455. The number of H-pyrrole nitrogens is 1. The molecule has 0 atom stereocenters. The summed E-state index contributed by atoms with van der Waals surface area (Å²) in [7, 11) is 0. The van der Waals surface area contributed by atoms with Crippen LogP contribution in [0.3, 0.4) is 0 Å². The summed E-state index contributed by atoms with van der Waals surface area (Å²) in [6, 6.07) is 16.0. The summed E-state index contributed by atoms with van der Waals surface area (Å²) < 4.78 is 1.06. The van der Waals surface area contributed by atoms with Gasteiger partial charge in [-0.15, -0.1) is 11.3 Å². The molecule has 5 aromatic rings. The molecule has 3 aromatic heterocycles. The number of aromatic amines is 1. The van der Waals surface area contributed by atoms with Crippen molar-refractivity contribution >= 4 is 66.6 Å². The van der Waals surface area contributed by atoms with Crippen LogP contribution in [0, 0.1) is 18.3 Å². The van der Waals surface area contributed by atoms with Crippen molar-refractivity contribution in [1.29, 1.82) is 5.26 Å². The fourth-order valence-electron chi connectivity index (χ4n) is 3.45. The lowest BCUT2D eigenvalue weighted by molar-refractivity contribution is 1.26. The van der Waals surface area contributed by atoms with E-state index in [0.29, 0.717) is 15.6 Å². The van der Waals surface area contributed by atoms with Gasteiger partial charge in [-0.2, -0.15) is 5.26 Å². The number of nitrogens with zero attached hydrogens (tertiary/aromatic N) is 3. The molecule has 0 saturated heterocycles. The highest BCUT2D eigenvalue weighted by Gasteiger charge is 2.14. The minimum absolute atomic E-state index is 0.514. The quantitative estimate of drug-likeness (QED) is 0.351. The number of para-hydroxylation sites is 1. The molecular formula is C22H13ClN4S. The number of thiazole rings is 1. The molecule has 2 aromatic carbocycles. The van der Waals surface area contributed by atoms with Gasteiger partial charge in [0, 0.05) is 33.7 Å². The maximum Gasteiger partial charge on any atom is 0.135 e. The lowest BCUT2D eigenvalue weighted by Gasteiger charge is -2.06. The van der Waals surface area contributed by atoms with Crippen LogP contribution in [0.15, 0.2) is 48.7 Å². The Morgan fingerprint density at radius 1 is 1.18 bits per heavy atom. The standard InChI is InChI=1S/C22H13ClN4S/c1-12-8-15(23)21-18(26-12)7-6-17-20(21)14(11-25-17)9-13(10-24)22-27-16-4-2-3-5-19(16)28-22/h2-9,11,26H,1H3. The molecule has 0 radical (unpaired) electrons. The molecule has 6 heteroatoms. The number of aryl methyl sites for hydroxylation is 1. The second kappa shape index (κ2) is 6.45. The van der Waals surface area contributed by atoms with Gasteiger partial charge >= 0.3 is 0 Å². The number of benzene rings is 2. The van der Waals surface area contributed by atoms with Crippen LogP contribution in [0.1, 0.15) is 16.3 Å². The highest BCUT2D eigenvalue weighted by Crippen LogP contribution is 2.35. The van der Waals surface area contributed by atoms with Crippen LogP contribution >= 0.6 is 22.9 Å². The average Bonchev–Trinajstić information content (AvgIpc) is 3.29. The van der Waals surface area contributed by atoms with Crippen LogP contribution in [-0.2, 0) is 0 Å². The predicted octanol–water partition coefficient (Wildman–Crippen LogP) is 6.35. The summed E-state index contributed by atoms with van der Waals surface area (Å²) in [4.78, 5) is 12.5. The van der Waals surface area contributed by atoms with E-state index in [0.717, 1.165) is 43.3 Å². The molecule has 0 fully saturated rings. The van der Waals surface area contributed by atoms with Gasteiger partial charge in [-0.25, -0.2) is 4.98 Å². The van der Waals surface area contributed by atoms with Crippen LogP contribution in [-0.4, -0.2) is 15.0 Å². The van der Waals surface area contributed by atoms with E-state index in [-0.39, 0.29) is 0 Å². The van der Waals surface area contributed by atoms with Gasteiger partial charge < -0.3 is 4.98 Å². The third-order valence-corrected chi connectivity index (χ3v) is 6.04. The van der Waals surface area contributed by atoms with Crippen molar-refractivity contribution in [2.45, 2.75) is 6.92 Å². The number of aromatic nitrogens is 3. The van der Waals surface area contributed by atoms with Crippen LogP contribution in [0.25, 0.3) is 43.7 Å². The van der Waals surface area contributed by atoms with E-state index >= 15 is 0 Å². The van der Waals surface area contributed by atoms with Crippen molar-refractivity contribution in [2.75, 3.05) is 0 Å². The number of fused-ring (bicyclic) bond motifs is 4. The number of halogens is 1. The summed E-state index contributed by atoms with van der Waals surface area (Å²) in [6.45, 7) is 1.97. The lowest BCUT2D eigenvalue weighted by atomic mass is 10.0. The molecule has 3 heterocycles. The SMILES string of the molecule is Cc1cc(Cl)c2c(ccc3ncc(C=C(C#N)c4nc5ccccc5s4)c32)[nH]1. The van der Waals surface area contributed by atoms with Gasteiger partial charge in [-0.05, 0) is 43.3 Å². The Hall–Kier alpha value is -3.20. The van der Waals surface area contributed by atoms with E-state index in [4.69, 9.17) is 11.6 Å². The van der Waals surface area contributed by atoms with Crippen molar-refractivity contribution in [3.05, 3.63) is 69.9 Å². The summed E-state index contributed by atoms with van der Waals surface area (Å²) in [5.41, 5.74) is 5.04. The van der Waals surface area contributed by atoms with Gasteiger partial charge in [0.25, 0.3) is 0 Å². The molecule has 0 unspecified atom stereocenters. The minimum Gasteiger partial charge on any atom is -0.359 e. The molecule has 134 valence electrons. The third kappa shape index (κ3) is 2.66. The van der Waals surface area contributed by atoms with Crippen LogP contribution < -0.4 is 0 Å². The second-order valence-electron chi connectivity index (χ2n) is 6.55. The van der Waals surface area contributed by atoms with E-state index in [1.165, 1.54) is 11.3 Å². The predicted molar refractivity (Wildman–Crippen MR) is 116 cm³/mol. The molecular weight excluding hydrogens is 388 g/mol. The molecule has 0 saturated carbocycles. The van der Waals surface area contributed by atoms with E-state index in [1.54, 1.807) is 6.20 Å². The van der Waals surface area contributed by atoms with E-state index in [1.807, 2.05) is 55.5 Å². The first-order valence-corrected chi connectivity index (χ1v) is 9.88. The second-order valence-corrected chi connectivity index (χ2v) is 7.99. The first-order valence-electron chi connectivity index (χ1n) is 8.68. The molecule has 0 spiro atoms. The Balaban J connectivity index is 1.76. The molecule has 0 bridgehead atoms. The first kappa shape index (κ1) is 16.9. The molecule has 5 rings (SSSR count). The average molecular weight is 401 g/mol. The van der Waals surface area contributed by atoms with E-state index in [9.17, 15) is 5.26 Å². The van der Waals surface area contributed by atoms with Crippen LogP contribution in [0.5, 0.6) is 0 Å². The number of nitriles is 1. The van der Waals surface area contributed by atoms with Gasteiger partial charge in [0.2, 0.25) is 0 Å². The molecule has 0 aliphatic carbocycles. The summed E-state index contributed by atoms with van der Waals surface area (Å²) in [5, 5.41) is 13.0. The molecule has 1 N–H and O–H groups in total. The molecule has 4 nitrogen and oxygen atoms in total. The summed E-state index contributed by atoms with van der Waals surface area (Å²) >= 11 is 8.08. The number of rotatable bonds is 2. The van der Waals surface area contributed by atoms with Crippen LogP contribution in [0.2, 0.25) is 5.02 Å². The molecule has 0 aliphatic rings. The normalized spacial score (nSPS) is 12.1. The maximum atomic E-state index is 9.78. The van der Waals surface area contributed by atoms with Crippen molar-refractivity contribution in [2.24, 2.45) is 0 Å². The Labute approximate surface area is 169 Å². The zero-order valence-corrected chi connectivity index (χ0v) is 16.4. The minimum atomic E-state index is 0.514. The number of nitrogens with one attached hydrogen (secondary N) is 1. The Kier molecular flexibility index (Phi) is 3.90. The van der Waals surface area contributed by atoms with Gasteiger partial charge in [-0.1, -0.05) is 23.7 Å². The molecule has 0 amide bonds. The van der Waals surface area contributed by atoms with E-state index in [2.05, 4.69) is 21.0 Å². The lowest BCUT2D eigenvalue weighted by Crippen LogP contribution is -1.86. The van der Waals surface area contributed by atoms with Crippen molar-refractivity contribution in [3.63, 3.8) is 0 Å². The number of pyridine rings is 1. The van der Waals surface area contributed by atoms with Crippen molar-refractivity contribution in [3.8, 4) is 6.07 Å². The monoisotopic (exact) mass is 400 g/mol. The Morgan fingerprint density at radius 2 is 2.04 bits per heavy atom. The largest absolute Gasteiger partial charge is 0.359 e. The highest BCUT2D eigenvalue weighted by atomic mass is 35.5. The zero-order valence-electron chi connectivity index (χ0n) is 14.8. The Morgan fingerprint density at radius 3 is 2.86 bits per heavy atom.